The van der Waals surface area contributed by atoms with Gasteiger partial charge in [0.2, 0.25) is 5.90 Å². The van der Waals surface area contributed by atoms with Crippen molar-refractivity contribution in [2.24, 2.45) is 0 Å². The first kappa shape index (κ1) is 27.7. The Morgan fingerprint density at radius 1 is 0.857 bits per heavy atom. The van der Waals surface area contributed by atoms with E-state index in [4.69, 9.17) is 10.1 Å². The summed E-state index contributed by atoms with van der Waals surface area (Å²) < 4.78 is 5.46. The maximum atomic E-state index is 7.82. The second kappa shape index (κ2) is 23.0. The second-order valence-corrected chi connectivity index (χ2v) is 8.59. The predicted molar refractivity (Wildman–Crippen MR) is 119 cm³/mol. The van der Waals surface area contributed by atoms with E-state index in [9.17, 15) is 0 Å². The molecule has 28 heavy (non-hydrogen) atoms. The molecular formula is C22H38Cl2CuN2O. The van der Waals surface area contributed by atoms with E-state index in [1.807, 2.05) is 18.2 Å². The number of hydrogen-bond donors (Lipinski definition) is 1. The number of pyridine rings is 1. The number of rotatable bonds is 16. The molecule has 0 aliphatic heterocycles. The van der Waals surface area contributed by atoms with Gasteiger partial charge >= 0.3 is 33.3 Å². The van der Waals surface area contributed by atoms with Crippen molar-refractivity contribution < 1.29 is 17.9 Å². The first-order valence-electron chi connectivity index (χ1n) is 10.7. The Morgan fingerprint density at radius 3 is 1.75 bits per heavy atom. The van der Waals surface area contributed by atoms with Crippen molar-refractivity contribution in [3.8, 4) is 0 Å². The first-order valence-corrected chi connectivity index (χ1v) is 13.3. The standard InChI is InChI=1S/C22H38N2O.2ClH.Cu/c1-2-3-4-5-6-7-8-9-10-11-12-13-14-17-20-25-22(23)21-18-15-16-19-24-21;;;/h15-16,18-19,23H,2-14,17,20H2,1H3;2*1H;/q;;;+2/p-2. The fourth-order valence-electron chi connectivity index (χ4n) is 3.04. The van der Waals surface area contributed by atoms with Gasteiger partial charge in [-0.1, -0.05) is 96.5 Å². The topological polar surface area (TPSA) is 46.0 Å². The molecule has 6 heteroatoms. The first-order chi connectivity index (χ1) is 13.8. The summed E-state index contributed by atoms with van der Waals surface area (Å²) in [6.07, 6.45) is 20.7. The second-order valence-electron chi connectivity index (χ2n) is 7.03. The quantitative estimate of drug-likeness (QED) is 0.112. The average molecular weight is 481 g/mol. The van der Waals surface area contributed by atoms with Crippen LogP contribution < -0.4 is 0 Å². The van der Waals surface area contributed by atoms with Crippen LogP contribution in [-0.2, 0) is 17.9 Å². The molecule has 0 radical (unpaired) electrons. The third-order valence-corrected chi connectivity index (χ3v) is 4.64. The van der Waals surface area contributed by atoms with Crippen molar-refractivity contribution in [2.45, 2.75) is 96.8 Å². The molecule has 0 unspecified atom stereocenters. The van der Waals surface area contributed by atoms with Gasteiger partial charge in [0.05, 0.1) is 6.61 Å². The number of nitrogens with one attached hydrogen (secondary N) is 1. The Balaban J connectivity index is 0.00000227. The Bertz CT molecular complexity index is 449. The van der Waals surface area contributed by atoms with Crippen LogP contribution >= 0.6 is 20.2 Å². The fourth-order valence-corrected chi connectivity index (χ4v) is 3.04. The molecule has 0 saturated heterocycles. The van der Waals surface area contributed by atoms with E-state index < -0.39 is 0 Å². The molecule has 0 bridgehead atoms. The van der Waals surface area contributed by atoms with Crippen molar-refractivity contribution in [1.29, 1.82) is 5.41 Å². The Labute approximate surface area is 187 Å². The molecule has 1 N–H and O–H groups in total. The van der Waals surface area contributed by atoms with Gasteiger partial charge < -0.3 is 4.74 Å². The van der Waals surface area contributed by atoms with E-state index >= 15 is 0 Å². The van der Waals surface area contributed by atoms with Gasteiger partial charge in [0, 0.05) is 6.20 Å². The van der Waals surface area contributed by atoms with E-state index in [1.165, 1.54) is 83.5 Å². The van der Waals surface area contributed by atoms with Crippen LogP contribution in [0.4, 0.5) is 0 Å². The molecule has 0 amide bonds. The molecule has 1 aromatic rings. The molecule has 0 atom stereocenters. The molecule has 0 saturated carbocycles. The van der Waals surface area contributed by atoms with Gasteiger partial charge in [0.15, 0.2) is 0 Å². The summed E-state index contributed by atoms with van der Waals surface area (Å²) in [5.74, 6) is 0.190. The van der Waals surface area contributed by atoms with E-state index in [2.05, 4.69) is 32.1 Å². The normalized spacial score (nSPS) is 10.4. The van der Waals surface area contributed by atoms with Crippen LogP contribution in [0.1, 0.15) is 103 Å². The van der Waals surface area contributed by atoms with Gasteiger partial charge in [0.1, 0.15) is 5.69 Å². The summed E-state index contributed by atoms with van der Waals surface area (Å²) in [5.41, 5.74) is 0.618. The van der Waals surface area contributed by atoms with Crippen molar-refractivity contribution in [3.63, 3.8) is 0 Å². The van der Waals surface area contributed by atoms with Crippen LogP contribution in [0.5, 0.6) is 0 Å². The predicted octanol–water partition coefficient (Wildman–Crippen LogP) is 8.28. The number of ether oxygens (including phenoxy) is 1. The van der Waals surface area contributed by atoms with Crippen LogP contribution in [-0.4, -0.2) is 17.5 Å². The Kier molecular flexibility index (Phi) is 22.8. The van der Waals surface area contributed by atoms with Crippen molar-refractivity contribution in [3.05, 3.63) is 30.1 Å². The molecule has 0 aliphatic carbocycles. The third kappa shape index (κ3) is 19.1. The van der Waals surface area contributed by atoms with E-state index in [-0.39, 0.29) is 5.90 Å². The average Bonchev–Trinajstić information content (AvgIpc) is 2.72. The molecule has 1 heterocycles. The van der Waals surface area contributed by atoms with Gasteiger partial charge in [-0.05, 0) is 18.6 Å². The molecule has 167 valence electrons. The van der Waals surface area contributed by atoms with E-state index in [1.54, 1.807) is 6.20 Å². The zero-order valence-electron chi connectivity index (χ0n) is 17.3. The van der Waals surface area contributed by atoms with Gasteiger partial charge in [-0.25, -0.2) is 0 Å². The van der Waals surface area contributed by atoms with Crippen molar-refractivity contribution in [1.82, 2.24) is 4.98 Å². The van der Waals surface area contributed by atoms with E-state index in [0.29, 0.717) is 12.3 Å². The van der Waals surface area contributed by atoms with Crippen LogP contribution in [0.25, 0.3) is 0 Å². The summed E-state index contributed by atoms with van der Waals surface area (Å²) in [6, 6.07) is 5.55. The molecule has 0 fully saturated rings. The molecule has 0 spiro atoms. The fraction of sp³-hybridized carbons (Fsp3) is 0.727. The van der Waals surface area contributed by atoms with E-state index in [0.717, 1.165) is 19.6 Å². The Morgan fingerprint density at radius 2 is 1.32 bits per heavy atom. The molecule has 1 aromatic heterocycles. The van der Waals surface area contributed by atoms with Crippen LogP contribution in [0.2, 0.25) is 0 Å². The van der Waals surface area contributed by atoms with Crippen molar-refractivity contribution >= 4 is 26.1 Å². The van der Waals surface area contributed by atoms with Crippen LogP contribution in [0.15, 0.2) is 24.4 Å². The number of aromatic nitrogens is 1. The molecule has 0 aromatic carbocycles. The number of unbranched alkanes of at least 4 members (excludes halogenated alkanes) is 13. The number of halogens is 2. The van der Waals surface area contributed by atoms with Gasteiger partial charge in [-0.2, -0.15) is 0 Å². The summed E-state index contributed by atoms with van der Waals surface area (Å²) in [7, 11) is 9.34. The summed E-state index contributed by atoms with van der Waals surface area (Å²) in [4.78, 5) is 4.12. The third-order valence-electron chi connectivity index (χ3n) is 4.64. The van der Waals surface area contributed by atoms with Crippen LogP contribution in [0, 0.1) is 5.41 Å². The van der Waals surface area contributed by atoms with Crippen LogP contribution in [0.3, 0.4) is 0 Å². The zero-order valence-corrected chi connectivity index (χ0v) is 19.8. The van der Waals surface area contributed by atoms with Crippen molar-refractivity contribution in [2.75, 3.05) is 6.61 Å². The summed E-state index contributed by atoms with van der Waals surface area (Å²) in [6.45, 7) is 2.91. The maximum absolute atomic E-state index is 7.82. The monoisotopic (exact) mass is 479 g/mol. The summed E-state index contributed by atoms with van der Waals surface area (Å²) in [5, 5.41) is 7.82. The molecule has 3 nitrogen and oxygen atoms in total. The minimum atomic E-state index is 0.190. The van der Waals surface area contributed by atoms with Gasteiger partial charge in [-0.3, -0.25) is 10.4 Å². The zero-order chi connectivity index (χ0) is 20.7. The molecule has 1 rings (SSSR count). The van der Waals surface area contributed by atoms with Gasteiger partial charge in [0.25, 0.3) is 0 Å². The Hall–Kier alpha value is -0.281. The number of hydrogen-bond acceptors (Lipinski definition) is 3. The summed E-state index contributed by atoms with van der Waals surface area (Å²) >= 11 is 0.757. The number of nitrogens with zero attached hydrogens (tertiary/aromatic N) is 1. The molecule has 0 aliphatic rings. The van der Waals surface area contributed by atoms with Gasteiger partial charge in [-0.15, -0.1) is 0 Å². The minimum absolute atomic E-state index is 0.190. The SMILES string of the molecule is CCCCCCCCCCCCCCCCOC(=N)c1ccccn1.[Cl][Cu][Cl]. The molecular weight excluding hydrogens is 443 g/mol.